The molecule has 3 heterocycles. The summed E-state index contributed by atoms with van der Waals surface area (Å²) in [4.78, 5) is 32.4. The van der Waals surface area contributed by atoms with Gasteiger partial charge in [0.2, 0.25) is 17.1 Å². The molecule has 1 aromatic carbocycles. The van der Waals surface area contributed by atoms with Gasteiger partial charge in [0.05, 0.1) is 5.69 Å². The standard InChI is InChI=1S/C24H24N6O2/c1-25-24-27-20(19-8-10-23(32)30(3)15-19)12-21(28-24)26-13-16-5-4-6-17(11-16)18-7-9-22(31)29(2)14-18/h4-12,14-15H,13H2,1-3H3,(H2,25,26,27,28). The van der Waals surface area contributed by atoms with Crippen molar-refractivity contribution in [2.24, 2.45) is 14.1 Å². The third-order valence-corrected chi connectivity index (χ3v) is 5.15. The van der Waals surface area contributed by atoms with Crippen molar-refractivity contribution in [1.82, 2.24) is 19.1 Å². The number of anilines is 2. The summed E-state index contributed by atoms with van der Waals surface area (Å²) in [6.07, 6.45) is 3.59. The summed E-state index contributed by atoms with van der Waals surface area (Å²) >= 11 is 0. The third-order valence-electron chi connectivity index (χ3n) is 5.15. The van der Waals surface area contributed by atoms with Gasteiger partial charge in [-0.15, -0.1) is 0 Å². The molecule has 0 bridgehead atoms. The van der Waals surface area contributed by atoms with Crippen LogP contribution in [0.25, 0.3) is 22.4 Å². The van der Waals surface area contributed by atoms with E-state index < -0.39 is 0 Å². The van der Waals surface area contributed by atoms with Crippen molar-refractivity contribution in [3.05, 3.63) is 93.3 Å². The van der Waals surface area contributed by atoms with Crippen LogP contribution in [-0.4, -0.2) is 26.1 Å². The number of aromatic nitrogens is 4. The van der Waals surface area contributed by atoms with E-state index in [1.54, 1.807) is 44.0 Å². The van der Waals surface area contributed by atoms with Gasteiger partial charge in [-0.05, 0) is 34.9 Å². The van der Waals surface area contributed by atoms with Gasteiger partial charge in [0.25, 0.3) is 0 Å². The Morgan fingerprint density at radius 2 is 1.50 bits per heavy atom. The molecular weight excluding hydrogens is 404 g/mol. The Morgan fingerprint density at radius 1 is 0.812 bits per heavy atom. The first-order chi connectivity index (χ1) is 15.4. The van der Waals surface area contributed by atoms with Crippen LogP contribution in [0.15, 0.2) is 76.6 Å². The summed E-state index contributed by atoms with van der Waals surface area (Å²) in [5, 5.41) is 6.34. The predicted molar refractivity (Wildman–Crippen MR) is 127 cm³/mol. The van der Waals surface area contributed by atoms with Gasteiger partial charge in [0, 0.05) is 63.8 Å². The number of pyridine rings is 2. The molecule has 0 fully saturated rings. The number of benzene rings is 1. The zero-order valence-electron chi connectivity index (χ0n) is 18.2. The molecule has 4 rings (SSSR count). The van der Waals surface area contributed by atoms with E-state index in [0.717, 1.165) is 22.3 Å². The second kappa shape index (κ2) is 8.89. The zero-order valence-corrected chi connectivity index (χ0v) is 18.2. The van der Waals surface area contributed by atoms with Crippen LogP contribution >= 0.6 is 0 Å². The van der Waals surface area contributed by atoms with Crippen LogP contribution in [0.3, 0.4) is 0 Å². The van der Waals surface area contributed by atoms with Gasteiger partial charge >= 0.3 is 0 Å². The van der Waals surface area contributed by atoms with Gasteiger partial charge in [-0.25, -0.2) is 4.98 Å². The maximum Gasteiger partial charge on any atom is 0.250 e. The molecule has 8 nitrogen and oxygen atoms in total. The first kappa shape index (κ1) is 21.0. The van der Waals surface area contributed by atoms with Gasteiger partial charge in [-0.2, -0.15) is 4.98 Å². The Bertz CT molecular complexity index is 1390. The van der Waals surface area contributed by atoms with E-state index in [2.05, 4.69) is 26.7 Å². The van der Waals surface area contributed by atoms with Crippen molar-refractivity contribution >= 4 is 11.8 Å². The average Bonchev–Trinajstić information content (AvgIpc) is 2.81. The van der Waals surface area contributed by atoms with Gasteiger partial charge < -0.3 is 19.8 Å². The van der Waals surface area contributed by atoms with Crippen LogP contribution < -0.4 is 21.8 Å². The van der Waals surface area contributed by atoms with E-state index in [-0.39, 0.29) is 11.1 Å². The number of rotatable bonds is 6. The monoisotopic (exact) mass is 428 g/mol. The van der Waals surface area contributed by atoms with Crippen molar-refractivity contribution in [2.45, 2.75) is 6.54 Å². The fraction of sp³-hybridized carbons (Fsp3) is 0.167. The molecule has 0 aliphatic carbocycles. The minimum atomic E-state index is -0.0756. The molecule has 0 saturated heterocycles. The summed E-state index contributed by atoms with van der Waals surface area (Å²) in [6.45, 7) is 0.562. The van der Waals surface area contributed by atoms with E-state index in [0.29, 0.717) is 24.0 Å². The van der Waals surface area contributed by atoms with Crippen LogP contribution in [0.4, 0.5) is 11.8 Å². The number of hydrogen-bond donors (Lipinski definition) is 2. The number of hydrogen-bond acceptors (Lipinski definition) is 6. The zero-order chi connectivity index (χ0) is 22.7. The molecule has 0 aliphatic heterocycles. The van der Waals surface area contributed by atoms with Crippen LogP contribution in [0.2, 0.25) is 0 Å². The highest BCUT2D eigenvalue weighted by Gasteiger charge is 2.08. The number of nitrogens with zero attached hydrogens (tertiary/aromatic N) is 4. The second-order valence-electron chi connectivity index (χ2n) is 7.50. The Morgan fingerprint density at radius 3 is 2.19 bits per heavy atom. The van der Waals surface area contributed by atoms with Crippen molar-refractivity contribution in [3.8, 4) is 22.4 Å². The lowest BCUT2D eigenvalue weighted by molar-refractivity contribution is 0.861. The third kappa shape index (κ3) is 4.59. The fourth-order valence-electron chi connectivity index (χ4n) is 3.36. The molecule has 0 unspecified atom stereocenters. The van der Waals surface area contributed by atoms with Gasteiger partial charge in [-0.3, -0.25) is 9.59 Å². The fourth-order valence-corrected chi connectivity index (χ4v) is 3.36. The summed E-state index contributed by atoms with van der Waals surface area (Å²) in [5.74, 6) is 1.15. The molecule has 8 heteroatoms. The van der Waals surface area contributed by atoms with Crippen molar-refractivity contribution in [3.63, 3.8) is 0 Å². The lowest BCUT2D eigenvalue weighted by atomic mass is 10.0. The molecule has 162 valence electrons. The highest BCUT2D eigenvalue weighted by Crippen LogP contribution is 2.22. The molecule has 2 N–H and O–H groups in total. The SMILES string of the molecule is CNc1nc(NCc2cccc(-c3ccc(=O)n(C)c3)c2)cc(-c2ccc(=O)n(C)c2)n1. The van der Waals surface area contributed by atoms with Crippen LogP contribution in [0.5, 0.6) is 0 Å². The summed E-state index contributed by atoms with van der Waals surface area (Å²) in [5.41, 5.74) is 4.50. The van der Waals surface area contributed by atoms with Gasteiger partial charge in [0.1, 0.15) is 5.82 Å². The smallest absolute Gasteiger partial charge is 0.250 e. The van der Waals surface area contributed by atoms with E-state index >= 15 is 0 Å². The Hall–Kier alpha value is -4.20. The molecule has 0 spiro atoms. The first-order valence-electron chi connectivity index (χ1n) is 10.2. The molecular formula is C24H24N6O2. The van der Waals surface area contributed by atoms with E-state index in [1.165, 1.54) is 10.6 Å². The van der Waals surface area contributed by atoms with Crippen molar-refractivity contribution in [2.75, 3.05) is 17.7 Å². The Balaban J connectivity index is 1.58. The first-order valence-corrected chi connectivity index (χ1v) is 10.2. The number of nitrogens with one attached hydrogen (secondary N) is 2. The normalized spacial score (nSPS) is 10.7. The van der Waals surface area contributed by atoms with E-state index in [4.69, 9.17) is 0 Å². The van der Waals surface area contributed by atoms with Crippen LogP contribution in [0, 0.1) is 0 Å². The van der Waals surface area contributed by atoms with Gasteiger partial charge in [0.15, 0.2) is 0 Å². The molecule has 4 aromatic rings. The Kier molecular flexibility index (Phi) is 5.85. The van der Waals surface area contributed by atoms with Crippen LogP contribution in [-0.2, 0) is 20.6 Å². The molecule has 0 radical (unpaired) electrons. The number of aryl methyl sites for hydroxylation is 2. The lowest BCUT2D eigenvalue weighted by Crippen LogP contribution is -2.14. The minimum Gasteiger partial charge on any atom is -0.366 e. The summed E-state index contributed by atoms with van der Waals surface area (Å²) in [7, 11) is 5.22. The van der Waals surface area contributed by atoms with E-state index in [1.807, 2.05) is 36.5 Å². The van der Waals surface area contributed by atoms with Crippen molar-refractivity contribution < 1.29 is 0 Å². The predicted octanol–water partition coefficient (Wildman–Crippen LogP) is 2.86. The van der Waals surface area contributed by atoms with E-state index in [9.17, 15) is 9.59 Å². The lowest BCUT2D eigenvalue weighted by Gasteiger charge is -2.11. The maximum absolute atomic E-state index is 11.7. The molecule has 32 heavy (non-hydrogen) atoms. The molecule has 0 amide bonds. The van der Waals surface area contributed by atoms with Crippen LogP contribution in [0.1, 0.15) is 5.56 Å². The largest absolute Gasteiger partial charge is 0.366 e. The van der Waals surface area contributed by atoms with Gasteiger partial charge in [-0.1, -0.05) is 18.2 Å². The molecule has 3 aromatic heterocycles. The molecule has 0 saturated carbocycles. The Labute approximate surface area is 185 Å². The summed E-state index contributed by atoms with van der Waals surface area (Å²) in [6, 6.07) is 16.7. The maximum atomic E-state index is 11.7. The minimum absolute atomic E-state index is 0.0371. The quantitative estimate of drug-likeness (QED) is 0.491. The second-order valence-corrected chi connectivity index (χ2v) is 7.50. The molecule has 0 atom stereocenters. The average molecular weight is 428 g/mol. The summed E-state index contributed by atoms with van der Waals surface area (Å²) < 4.78 is 3.09. The topological polar surface area (TPSA) is 93.8 Å². The highest BCUT2D eigenvalue weighted by molar-refractivity contribution is 5.65. The molecule has 0 aliphatic rings. The highest BCUT2D eigenvalue weighted by atomic mass is 16.1. The van der Waals surface area contributed by atoms with Crippen molar-refractivity contribution in [1.29, 1.82) is 0 Å².